The van der Waals surface area contributed by atoms with Crippen LogP contribution in [-0.2, 0) is 13.6 Å². The lowest BCUT2D eigenvalue weighted by atomic mass is 10.5. The molecule has 1 aromatic heterocycles. The summed E-state index contributed by atoms with van der Waals surface area (Å²) in [5.41, 5.74) is 0. The molecule has 0 N–H and O–H groups in total. The monoisotopic (exact) mass is 324 g/mol. The number of nitrogens with zero attached hydrogens (tertiary/aromatic N) is 2. The first-order chi connectivity index (χ1) is 5.97. The van der Waals surface area contributed by atoms with Crippen molar-refractivity contribution in [1.82, 2.24) is 4.57 Å². The second-order valence-corrected chi connectivity index (χ2v) is 10.6. The third-order valence-corrected chi connectivity index (χ3v) is 4.02. The minimum Gasteiger partial charge on any atom is -1.00 e. The highest BCUT2D eigenvalue weighted by atomic mass is 127. The summed E-state index contributed by atoms with van der Waals surface area (Å²) in [5, 5.41) is 0. The Labute approximate surface area is 105 Å². The predicted molar refractivity (Wildman–Crippen MR) is 58.4 cm³/mol. The van der Waals surface area contributed by atoms with Gasteiger partial charge in [-0.3, -0.25) is 0 Å². The van der Waals surface area contributed by atoms with E-state index in [1.165, 1.54) is 19.0 Å². The number of aromatic nitrogens is 2. The molecule has 0 bridgehead atoms. The van der Waals surface area contributed by atoms with Gasteiger partial charge in [0.1, 0.15) is 12.4 Å². The maximum atomic E-state index is 2.43. The van der Waals surface area contributed by atoms with Crippen molar-refractivity contribution in [3.63, 3.8) is 0 Å². The third-order valence-electron chi connectivity index (χ3n) is 2.17. The van der Waals surface area contributed by atoms with Crippen LogP contribution in [0.15, 0.2) is 18.7 Å². The van der Waals surface area contributed by atoms with Crippen molar-refractivity contribution in [1.29, 1.82) is 0 Å². The van der Waals surface area contributed by atoms with E-state index in [2.05, 4.69) is 54.5 Å². The number of aryl methyl sites for hydroxylation is 2. The molecule has 0 atom stereocenters. The Hall–Kier alpha value is 0.157. The Bertz CT molecular complexity index is 265. The van der Waals surface area contributed by atoms with Gasteiger partial charge in [-0.05, 0) is 6.42 Å². The molecule has 2 nitrogen and oxygen atoms in total. The van der Waals surface area contributed by atoms with Gasteiger partial charge in [-0.2, -0.15) is 0 Å². The molecule has 0 spiro atoms. The molecule has 4 heteroatoms. The minimum atomic E-state index is -0.824. The smallest absolute Gasteiger partial charge is 0.243 e. The number of rotatable bonds is 4. The zero-order chi connectivity index (χ0) is 9.90. The Balaban J connectivity index is 0.00000169. The van der Waals surface area contributed by atoms with E-state index in [1.54, 1.807) is 0 Å². The fourth-order valence-electron chi connectivity index (χ4n) is 1.43. The van der Waals surface area contributed by atoms with Gasteiger partial charge in [0.15, 0.2) is 0 Å². The van der Waals surface area contributed by atoms with Crippen molar-refractivity contribution in [2.45, 2.75) is 38.7 Å². The van der Waals surface area contributed by atoms with E-state index in [-0.39, 0.29) is 24.0 Å². The van der Waals surface area contributed by atoms with Crippen molar-refractivity contribution in [2.24, 2.45) is 7.05 Å². The number of hydrogen-bond donors (Lipinski definition) is 0. The normalized spacial score (nSPS) is 11.1. The average Bonchev–Trinajstić information content (AvgIpc) is 2.33. The number of imidazole rings is 1. The van der Waals surface area contributed by atoms with Gasteiger partial charge in [0.2, 0.25) is 6.33 Å². The first-order valence-corrected chi connectivity index (χ1v) is 8.69. The lowest BCUT2D eigenvalue weighted by molar-refractivity contribution is -0.671. The van der Waals surface area contributed by atoms with Crippen LogP contribution >= 0.6 is 0 Å². The molecular weight excluding hydrogens is 303 g/mol. The van der Waals surface area contributed by atoms with Gasteiger partial charge in [0, 0.05) is 8.07 Å². The van der Waals surface area contributed by atoms with E-state index >= 15 is 0 Å². The quantitative estimate of drug-likeness (QED) is 0.384. The summed E-state index contributed by atoms with van der Waals surface area (Å²) in [6.07, 6.45) is 7.70. The molecule has 14 heavy (non-hydrogen) atoms. The number of halogens is 1. The molecule has 0 saturated heterocycles. The van der Waals surface area contributed by atoms with Gasteiger partial charge in [-0.25, -0.2) is 9.13 Å². The highest BCUT2D eigenvalue weighted by Gasteiger charge is 2.12. The van der Waals surface area contributed by atoms with Crippen molar-refractivity contribution >= 4 is 8.07 Å². The summed E-state index contributed by atoms with van der Waals surface area (Å²) < 4.78 is 4.36. The Kier molecular flexibility index (Phi) is 5.96. The van der Waals surface area contributed by atoms with Gasteiger partial charge in [-0.15, -0.1) is 0 Å². The Morgan fingerprint density at radius 1 is 1.29 bits per heavy atom. The van der Waals surface area contributed by atoms with Crippen LogP contribution in [-0.4, -0.2) is 12.6 Å². The minimum absolute atomic E-state index is 0. The molecule has 0 saturated carbocycles. The zero-order valence-corrected chi connectivity index (χ0v) is 12.8. The molecule has 0 unspecified atom stereocenters. The van der Waals surface area contributed by atoms with E-state index in [1.807, 2.05) is 0 Å². The van der Waals surface area contributed by atoms with Gasteiger partial charge in [0.25, 0.3) is 0 Å². The lowest BCUT2D eigenvalue weighted by Gasteiger charge is -2.13. The molecule has 0 amide bonds. The van der Waals surface area contributed by atoms with Gasteiger partial charge in [-0.1, -0.05) is 25.7 Å². The third kappa shape index (κ3) is 5.80. The average molecular weight is 324 g/mol. The van der Waals surface area contributed by atoms with Crippen LogP contribution < -0.4 is 28.5 Å². The van der Waals surface area contributed by atoms with Crippen LogP contribution in [0, 0.1) is 0 Å². The zero-order valence-electron chi connectivity index (χ0n) is 9.63. The van der Waals surface area contributed by atoms with E-state index in [0.717, 1.165) is 0 Å². The van der Waals surface area contributed by atoms with Crippen LogP contribution in [0.5, 0.6) is 0 Å². The summed E-state index contributed by atoms with van der Waals surface area (Å²) >= 11 is 0. The summed E-state index contributed by atoms with van der Waals surface area (Å²) in [5.74, 6) is 0. The molecule has 1 aromatic rings. The van der Waals surface area contributed by atoms with Crippen LogP contribution in [0.1, 0.15) is 6.42 Å². The van der Waals surface area contributed by atoms with Crippen molar-refractivity contribution in [2.75, 3.05) is 0 Å². The van der Waals surface area contributed by atoms with Crippen molar-refractivity contribution in [3.05, 3.63) is 18.7 Å². The first kappa shape index (κ1) is 14.2. The summed E-state index contributed by atoms with van der Waals surface area (Å²) in [6, 6.07) is 1.43. The standard InChI is InChI=1S/C10H21N2Si.HI/c1-11-7-8-12(10-11)6-5-9-13(2,3)4;/h7-8,10H,5-6,9H2,1-4H3;1H/q+1;/p-1. The summed E-state index contributed by atoms with van der Waals surface area (Å²) in [7, 11) is 1.24. The van der Waals surface area contributed by atoms with Gasteiger partial charge < -0.3 is 24.0 Å². The Morgan fingerprint density at radius 2 is 1.93 bits per heavy atom. The molecular formula is C10H21IN2Si. The molecule has 0 aliphatic heterocycles. The van der Waals surface area contributed by atoms with Gasteiger partial charge >= 0.3 is 0 Å². The van der Waals surface area contributed by atoms with Crippen LogP contribution in [0.25, 0.3) is 0 Å². The van der Waals surface area contributed by atoms with Crippen LogP contribution in [0.4, 0.5) is 0 Å². The molecule has 0 aliphatic carbocycles. The molecule has 1 rings (SSSR count). The Morgan fingerprint density at radius 3 is 2.36 bits per heavy atom. The molecule has 82 valence electrons. The summed E-state index contributed by atoms with van der Waals surface area (Å²) in [4.78, 5) is 0. The maximum absolute atomic E-state index is 2.43. The van der Waals surface area contributed by atoms with Crippen LogP contribution in [0.3, 0.4) is 0 Å². The second kappa shape index (κ2) is 5.90. The van der Waals surface area contributed by atoms with Gasteiger partial charge in [0.05, 0.1) is 13.6 Å². The van der Waals surface area contributed by atoms with E-state index in [4.69, 9.17) is 0 Å². The molecule has 0 aliphatic rings. The summed E-state index contributed by atoms with van der Waals surface area (Å²) in [6.45, 7) is 8.47. The van der Waals surface area contributed by atoms with Crippen molar-refractivity contribution in [3.8, 4) is 0 Å². The predicted octanol–water partition coefficient (Wildman–Crippen LogP) is -0.955. The van der Waals surface area contributed by atoms with E-state index < -0.39 is 8.07 Å². The fourth-order valence-corrected chi connectivity index (χ4v) is 2.64. The fraction of sp³-hybridized carbons (Fsp3) is 0.700. The highest BCUT2D eigenvalue weighted by Crippen LogP contribution is 2.11. The number of hydrogen-bond acceptors (Lipinski definition) is 0. The maximum Gasteiger partial charge on any atom is 0.243 e. The second-order valence-electron chi connectivity index (χ2n) is 4.98. The molecule has 0 aromatic carbocycles. The molecule has 0 fully saturated rings. The topological polar surface area (TPSA) is 8.81 Å². The van der Waals surface area contributed by atoms with Crippen LogP contribution in [0.2, 0.25) is 25.7 Å². The highest BCUT2D eigenvalue weighted by molar-refractivity contribution is 6.76. The van der Waals surface area contributed by atoms with E-state index in [0.29, 0.717) is 0 Å². The first-order valence-electron chi connectivity index (χ1n) is 4.98. The molecule has 1 heterocycles. The van der Waals surface area contributed by atoms with Crippen molar-refractivity contribution < 1.29 is 28.5 Å². The SMILES string of the molecule is C[n+]1ccn(CCC[Si](C)(C)C)c1.[I-]. The lowest BCUT2D eigenvalue weighted by Crippen LogP contribution is -3.00. The van der Waals surface area contributed by atoms with E-state index in [9.17, 15) is 0 Å². The molecule has 0 radical (unpaired) electrons. The largest absolute Gasteiger partial charge is 1.00 e.